The summed E-state index contributed by atoms with van der Waals surface area (Å²) >= 11 is 0. The van der Waals surface area contributed by atoms with E-state index in [4.69, 9.17) is 5.11 Å². The van der Waals surface area contributed by atoms with Crippen LogP contribution in [-0.4, -0.2) is 59.6 Å². The first-order valence-electron chi connectivity index (χ1n) is 6.29. The molecule has 1 heterocycles. The molecule has 0 aromatic carbocycles. The van der Waals surface area contributed by atoms with Crippen molar-refractivity contribution in [3.8, 4) is 0 Å². The van der Waals surface area contributed by atoms with E-state index in [1.54, 1.807) is 0 Å². The molecule has 0 amide bonds. The van der Waals surface area contributed by atoms with E-state index in [9.17, 15) is 4.79 Å². The molecule has 4 heteroatoms. The topological polar surface area (TPSA) is 43.8 Å². The maximum Gasteiger partial charge on any atom is 0.308 e. The highest BCUT2D eigenvalue weighted by Crippen LogP contribution is 2.23. The monoisotopic (exact) mass is 228 g/mol. The van der Waals surface area contributed by atoms with Crippen LogP contribution < -0.4 is 0 Å². The summed E-state index contributed by atoms with van der Waals surface area (Å²) in [7, 11) is 0. The molecular weight excluding hydrogens is 204 g/mol. The van der Waals surface area contributed by atoms with Crippen molar-refractivity contribution in [2.24, 2.45) is 5.92 Å². The molecule has 16 heavy (non-hydrogen) atoms. The van der Waals surface area contributed by atoms with Crippen molar-refractivity contribution in [3.05, 3.63) is 0 Å². The summed E-state index contributed by atoms with van der Waals surface area (Å²) in [6.45, 7) is 11.5. The fourth-order valence-electron chi connectivity index (χ4n) is 2.46. The van der Waals surface area contributed by atoms with E-state index in [0.717, 1.165) is 39.1 Å². The van der Waals surface area contributed by atoms with Crippen molar-refractivity contribution in [1.29, 1.82) is 0 Å². The molecule has 0 bridgehead atoms. The molecule has 94 valence electrons. The first-order valence-corrected chi connectivity index (χ1v) is 6.29. The van der Waals surface area contributed by atoms with Gasteiger partial charge in [-0.05, 0) is 33.0 Å². The summed E-state index contributed by atoms with van der Waals surface area (Å²) in [5, 5.41) is 9.03. The van der Waals surface area contributed by atoms with Gasteiger partial charge in [-0.2, -0.15) is 0 Å². The highest BCUT2D eigenvalue weighted by molar-refractivity contribution is 5.71. The second kappa shape index (κ2) is 6.21. The predicted molar refractivity (Wildman–Crippen MR) is 64.6 cm³/mol. The molecule has 1 N–H and O–H groups in total. The Hall–Kier alpha value is -0.610. The molecular formula is C12H24N2O2. The summed E-state index contributed by atoms with van der Waals surface area (Å²) in [6, 6.07) is 0.188. The number of likely N-dealkylation sites (N-methyl/N-ethyl adjacent to an activating group) is 1. The lowest BCUT2D eigenvalue weighted by Crippen LogP contribution is -2.39. The summed E-state index contributed by atoms with van der Waals surface area (Å²) in [5.74, 6) is -0.811. The zero-order valence-corrected chi connectivity index (χ0v) is 10.6. The Bertz CT molecular complexity index is 229. The van der Waals surface area contributed by atoms with E-state index >= 15 is 0 Å². The lowest BCUT2D eigenvalue weighted by Gasteiger charge is -2.26. The molecule has 0 radical (unpaired) electrons. The van der Waals surface area contributed by atoms with Gasteiger partial charge in [-0.25, -0.2) is 0 Å². The van der Waals surface area contributed by atoms with Gasteiger partial charge in [0, 0.05) is 19.1 Å². The summed E-state index contributed by atoms with van der Waals surface area (Å²) in [5.41, 5.74) is 0. The van der Waals surface area contributed by atoms with Crippen molar-refractivity contribution in [1.82, 2.24) is 9.80 Å². The van der Waals surface area contributed by atoms with Crippen LogP contribution >= 0.6 is 0 Å². The molecule has 0 aromatic rings. The van der Waals surface area contributed by atoms with Crippen LogP contribution in [0.3, 0.4) is 0 Å². The van der Waals surface area contributed by atoms with Gasteiger partial charge in [-0.3, -0.25) is 9.69 Å². The largest absolute Gasteiger partial charge is 0.481 e. The van der Waals surface area contributed by atoms with Crippen LogP contribution in [0.4, 0.5) is 0 Å². The maximum absolute atomic E-state index is 11.0. The smallest absolute Gasteiger partial charge is 0.308 e. The van der Waals surface area contributed by atoms with Crippen LogP contribution in [0.1, 0.15) is 27.2 Å². The maximum atomic E-state index is 11.0. The fourth-order valence-corrected chi connectivity index (χ4v) is 2.46. The minimum Gasteiger partial charge on any atom is -0.481 e. The first-order chi connectivity index (χ1) is 7.60. The van der Waals surface area contributed by atoms with Gasteiger partial charge in [-0.1, -0.05) is 13.8 Å². The predicted octanol–water partition coefficient (Wildman–Crippen LogP) is 1.12. The van der Waals surface area contributed by atoms with E-state index < -0.39 is 5.97 Å². The Balaban J connectivity index is 2.37. The lowest BCUT2D eigenvalue weighted by molar-refractivity contribution is -0.142. The van der Waals surface area contributed by atoms with E-state index in [0.29, 0.717) is 0 Å². The van der Waals surface area contributed by atoms with Crippen molar-refractivity contribution >= 4 is 5.97 Å². The van der Waals surface area contributed by atoms with Gasteiger partial charge in [-0.15, -0.1) is 0 Å². The number of carboxylic acid groups (broad SMARTS) is 1. The molecule has 2 atom stereocenters. The number of likely N-dealkylation sites (tertiary alicyclic amines) is 1. The van der Waals surface area contributed by atoms with E-state index in [-0.39, 0.29) is 12.0 Å². The third-order valence-electron chi connectivity index (χ3n) is 3.80. The van der Waals surface area contributed by atoms with E-state index in [2.05, 4.69) is 23.6 Å². The van der Waals surface area contributed by atoms with Crippen molar-refractivity contribution < 1.29 is 9.90 Å². The Morgan fingerprint density at radius 3 is 2.50 bits per heavy atom. The second-order valence-corrected chi connectivity index (χ2v) is 4.54. The average Bonchev–Trinajstić information content (AvgIpc) is 2.62. The number of carboxylic acids is 1. The van der Waals surface area contributed by atoms with E-state index in [1.165, 1.54) is 0 Å². The van der Waals surface area contributed by atoms with Crippen LogP contribution in [0.5, 0.6) is 0 Å². The summed E-state index contributed by atoms with van der Waals surface area (Å²) in [4.78, 5) is 15.6. The molecule has 0 aromatic heterocycles. The zero-order chi connectivity index (χ0) is 12.1. The van der Waals surface area contributed by atoms with Crippen LogP contribution in [0.25, 0.3) is 0 Å². The Morgan fingerprint density at radius 1 is 1.44 bits per heavy atom. The van der Waals surface area contributed by atoms with Gasteiger partial charge in [0.05, 0.1) is 5.92 Å². The number of nitrogens with zero attached hydrogens (tertiary/aromatic N) is 2. The quantitative estimate of drug-likeness (QED) is 0.740. The Labute approximate surface area is 98.2 Å². The highest BCUT2D eigenvalue weighted by atomic mass is 16.4. The molecule has 1 aliphatic heterocycles. The Kier molecular flexibility index (Phi) is 5.22. The van der Waals surface area contributed by atoms with Crippen molar-refractivity contribution in [2.45, 2.75) is 33.2 Å². The minimum atomic E-state index is -0.641. The molecule has 1 saturated heterocycles. The van der Waals surface area contributed by atoms with E-state index in [1.807, 2.05) is 6.92 Å². The minimum absolute atomic E-state index is 0.170. The highest BCUT2D eigenvalue weighted by Gasteiger charge is 2.35. The van der Waals surface area contributed by atoms with Gasteiger partial charge in [0.15, 0.2) is 0 Å². The molecule has 1 rings (SSSR count). The molecule has 0 spiro atoms. The molecule has 4 nitrogen and oxygen atoms in total. The van der Waals surface area contributed by atoms with Crippen molar-refractivity contribution in [3.63, 3.8) is 0 Å². The average molecular weight is 228 g/mol. The normalized spacial score (nSPS) is 26.5. The molecule has 1 aliphatic rings. The second-order valence-electron chi connectivity index (χ2n) is 4.54. The summed E-state index contributed by atoms with van der Waals surface area (Å²) < 4.78 is 0. The summed E-state index contributed by atoms with van der Waals surface area (Å²) in [6.07, 6.45) is 0.800. The third-order valence-corrected chi connectivity index (χ3v) is 3.80. The Morgan fingerprint density at radius 2 is 2.06 bits per heavy atom. The molecule has 1 fully saturated rings. The number of carbonyl (C=O) groups is 1. The molecule has 0 aliphatic carbocycles. The first kappa shape index (κ1) is 13.5. The number of rotatable bonds is 6. The molecule has 2 unspecified atom stereocenters. The zero-order valence-electron chi connectivity index (χ0n) is 10.6. The van der Waals surface area contributed by atoms with Gasteiger partial charge in [0.25, 0.3) is 0 Å². The number of hydrogen-bond donors (Lipinski definition) is 1. The lowest BCUT2D eigenvalue weighted by atomic mass is 10.0. The standard InChI is InChI=1S/C12H24N2O2/c1-4-13(5-2)8-9-14-7-6-11(10(14)3)12(15)16/h10-11H,4-9H2,1-3H3,(H,15,16). The SMILES string of the molecule is CCN(CC)CCN1CCC(C(=O)O)C1C. The van der Waals surface area contributed by atoms with Crippen LogP contribution in [0.15, 0.2) is 0 Å². The van der Waals surface area contributed by atoms with Crippen molar-refractivity contribution in [2.75, 3.05) is 32.7 Å². The van der Waals surface area contributed by atoms with Crippen LogP contribution in [-0.2, 0) is 4.79 Å². The van der Waals surface area contributed by atoms with Gasteiger partial charge in [0.1, 0.15) is 0 Å². The van der Waals surface area contributed by atoms with Gasteiger partial charge in [0.2, 0.25) is 0 Å². The third kappa shape index (κ3) is 3.19. The van der Waals surface area contributed by atoms with Gasteiger partial charge < -0.3 is 10.0 Å². The van der Waals surface area contributed by atoms with Crippen LogP contribution in [0.2, 0.25) is 0 Å². The fraction of sp³-hybridized carbons (Fsp3) is 0.917. The van der Waals surface area contributed by atoms with Gasteiger partial charge >= 0.3 is 5.97 Å². The van der Waals surface area contributed by atoms with Crippen LogP contribution in [0, 0.1) is 5.92 Å². The molecule has 0 saturated carbocycles. The number of aliphatic carboxylic acids is 1. The number of hydrogen-bond acceptors (Lipinski definition) is 3.